The first kappa shape index (κ1) is 37.4. The monoisotopic (exact) mass is 708 g/mol. The molecule has 1 aliphatic heterocycles. The molecule has 1 unspecified atom stereocenters. The molecule has 9 nitrogen and oxygen atoms in total. The first-order valence-corrected chi connectivity index (χ1v) is 18.1. The zero-order valence-corrected chi connectivity index (χ0v) is 31.3. The number of likely N-dealkylation sites (tertiary alicyclic amines) is 1. The maximum Gasteiger partial charge on any atom is 0.229 e. The lowest BCUT2D eigenvalue weighted by atomic mass is 9.50. The Labute approximate surface area is 298 Å². The van der Waals surface area contributed by atoms with Crippen molar-refractivity contribution in [3.63, 3.8) is 0 Å². The number of anilines is 3. The number of methoxy groups -OCH3 is 1. The van der Waals surface area contributed by atoms with Crippen molar-refractivity contribution in [2.24, 2.45) is 16.2 Å². The SMILES string of the molecule is COc1cc2c(Nc3ncc(CC(=O)Nc4cccc(F)c4F)s3)ncnc2cc1OCCCN1CCCCC1C(C)(C(C)(C)C)C(C)(C)C. The molecule has 0 saturated carbocycles. The molecule has 3 heterocycles. The van der Waals surface area contributed by atoms with Crippen LogP contribution < -0.4 is 20.1 Å². The Kier molecular flexibility index (Phi) is 11.3. The molecule has 270 valence electrons. The Balaban J connectivity index is 1.23. The van der Waals surface area contributed by atoms with E-state index in [-0.39, 0.29) is 28.4 Å². The van der Waals surface area contributed by atoms with Gasteiger partial charge in [0.15, 0.2) is 28.3 Å². The van der Waals surface area contributed by atoms with E-state index in [2.05, 4.69) is 79.0 Å². The van der Waals surface area contributed by atoms with Gasteiger partial charge < -0.3 is 20.1 Å². The number of thiazole rings is 1. The van der Waals surface area contributed by atoms with Gasteiger partial charge in [-0.15, -0.1) is 11.3 Å². The van der Waals surface area contributed by atoms with Crippen molar-refractivity contribution in [3.8, 4) is 11.5 Å². The van der Waals surface area contributed by atoms with Crippen LogP contribution >= 0.6 is 11.3 Å². The van der Waals surface area contributed by atoms with Crippen molar-refractivity contribution >= 4 is 44.8 Å². The van der Waals surface area contributed by atoms with Gasteiger partial charge in [-0.05, 0) is 60.3 Å². The molecule has 1 saturated heterocycles. The number of hydrogen-bond acceptors (Lipinski definition) is 9. The fourth-order valence-electron chi connectivity index (χ4n) is 7.42. The maximum absolute atomic E-state index is 14.0. The van der Waals surface area contributed by atoms with Crippen molar-refractivity contribution < 1.29 is 23.0 Å². The minimum atomic E-state index is -1.10. The fraction of sp³-hybridized carbons (Fsp3) is 0.526. The number of rotatable bonds is 12. The van der Waals surface area contributed by atoms with Crippen LogP contribution in [0.5, 0.6) is 11.5 Å². The van der Waals surface area contributed by atoms with Gasteiger partial charge in [0.25, 0.3) is 0 Å². The lowest BCUT2D eigenvalue weighted by Gasteiger charge is -2.60. The van der Waals surface area contributed by atoms with Gasteiger partial charge in [0.05, 0.1) is 31.3 Å². The van der Waals surface area contributed by atoms with Crippen LogP contribution in [0.25, 0.3) is 10.9 Å². The molecule has 50 heavy (non-hydrogen) atoms. The molecule has 4 aromatic rings. The van der Waals surface area contributed by atoms with Crippen LogP contribution in [0.2, 0.25) is 0 Å². The second kappa shape index (κ2) is 15.1. The van der Waals surface area contributed by atoms with E-state index in [1.807, 2.05) is 12.1 Å². The van der Waals surface area contributed by atoms with E-state index in [1.54, 1.807) is 13.3 Å². The molecular weight excluding hydrogens is 659 g/mol. The standard InChI is InChI=1S/C38H50F2N6O3S/c1-36(2,3)38(7,37(4,5)6)31-15-9-10-16-46(31)17-12-18-49-30-21-28-25(20-29(30)48-8)34(43-23-42-28)45-35-41-22-24(50-35)19-32(47)44-27-14-11-13-26(39)33(27)40/h11,13-14,20-23,31H,9-10,12,15-19H2,1-8H3,(H,44,47)(H,41,42,43,45). The Morgan fingerprint density at radius 1 is 1.02 bits per heavy atom. The van der Waals surface area contributed by atoms with Crippen LogP contribution in [-0.2, 0) is 11.2 Å². The molecule has 1 atom stereocenters. The molecule has 1 fully saturated rings. The number of amides is 1. The summed E-state index contributed by atoms with van der Waals surface area (Å²) in [5.41, 5.74) is 0.906. The summed E-state index contributed by atoms with van der Waals surface area (Å²) in [7, 11) is 1.61. The Morgan fingerprint density at radius 3 is 2.50 bits per heavy atom. The number of carbonyl (C=O) groups is 1. The number of halogens is 2. The van der Waals surface area contributed by atoms with Crippen molar-refractivity contribution in [3.05, 3.63) is 59.4 Å². The number of piperidine rings is 1. The summed E-state index contributed by atoms with van der Waals surface area (Å²) in [6.07, 6.45) is 7.58. The molecule has 2 aromatic heterocycles. The predicted octanol–water partition coefficient (Wildman–Crippen LogP) is 9.02. The first-order chi connectivity index (χ1) is 23.6. The van der Waals surface area contributed by atoms with E-state index in [0.29, 0.717) is 50.9 Å². The van der Waals surface area contributed by atoms with Crippen LogP contribution in [0.4, 0.5) is 25.4 Å². The zero-order valence-electron chi connectivity index (χ0n) is 30.5. The normalized spacial score (nSPS) is 16.0. The van der Waals surface area contributed by atoms with Gasteiger partial charge in [-0.1, -0.05) is 61.0 Å². The van der Waals surface area contributed by atoms with Crippen molar-refractivity contribution in [2.45, 2.75) is 86.6 Å². The molecule has 5 rings (SSSR count). The van der Waals surface area contributed by atoms with Gasteiger partial charge in [-0.2, -0.15) is 0 Å². The summed E-state index contributed by atoms with van der Waals surface area (Å²) in [6.45, 7) is 19.5. The van der Waals surface area contributed by atoms with Gasteiger partial charge in [-0.3, -0.25) is 9.69 Å². The third-order valence-corrected chi connectivity index (χ3v) is 11.4. The van der Waals surface area contributed by atoms with Crippen LogP contribution in [0.1, 0.15) is 79.0 Å². The number of carbonyl (C=O) groups excluding carboxylic acids is 1. The molecule has 0 aliphatic carbocycles. The Hall–Kier alpha value is -3.90. The first-order valence-electron chi connectivity index (χ1n) is 17.3. The topological polar surface area (TPSA) is 102 Å². The van der Waals surface area contributed by atoms with E-state index in [0.717, 1.165) is 25.6 Å². The van der Waals surface area contributed by atoms with E-state index < -0.39 is 17.5 Å². The zero-order chi connectivity index (χ0) is 36.3. The molecule has 1 amide bonds. The summed E-state index contributed by atoms with van der Waals surface area (Å²) in [5.74, 6) is -0.909. The number of fused-ring (bicyclic) bond motifs is 1. The molecule has 12 heteroatoms. The quantitative estimate of drug-likeness (QED) is 0.141. The minimum absolute atomic E-state index is 0.0563. The highest BCUT2D eigenvalue weighted by molar-refractivity contribution is 7.15. The van der Waals surface area contributed by atoms with Crippen LogP contribution in [-0.4, -0.2) is 58.6 Å². The summed E-state index contributed by atoms with van der Waals surface area (Å²) in [4.78, 5) is 29.1. The summed E-state index contributed by atoms with van der Waals surface area (Å²) in [5, 5.41) is 6.85. The van der Waals surface area contributed by atoms with Gasteiger partial charge in [0, 0.05) is 35.1 Å². The van der Waals surface area contributed by atoms with Gasteiger partial charge in [0.2, 0.25) is 5.91 Å². The highest BCUT2D eigenvalue weighted by Gasteiger charge is 2.53. The third-order valence-electron chi connectivity index (χ3n) is 10.5. The van der Waals surface area contributed by atoms with Crippen LogP contribution in [0, 0.1) is 27.9 Å². The van der Waals surface area contributed by atoms with Gasteiger partial charge >= 0.3 is 0 Å². The van der Waals surface area contributed by atoms with Crippen LogP contribution in [0.15, 0.2) is 42.9 Å². The molecule has 0 spiro atoms. The molecule has 2 N–H and O–H groups in total. The second-order valence-corrected chi connectivity index (χ2v) is 16.4. The fourth-order valence-corrected chi connectivity index (χ4v) is 8.23. The highest BCUT2D eigenvalue weighted by Crippen LogP contribution is 2.56. The van der Waals surface area contributed by atoms with Crippen molar-refractivity contribution in [1.82, 2.24) is 19.9 Å². The van der Waals surface area contributed by atoms with Gasteiger partial charge in [-0.25, -0.2) is 23.7 Å². The lowest BCUT2D eigenvalue weighted by Crippen LogP contribution is -2.60. The molecule has 1 aliphatic rings. The predicted molar refractivity (Wildman–Crippen MR) is 197 cm³/mol. The van der Waals surface area contributed by atoms with E-state index in [4.69, 9.17) is 9.47 Å². The summed E-state index contributed by atoms with van der Waals surface area (Å²) >= 11 is 1.25. The molecule has 0 radical (unpaired) electrons. The van der Waals surface area contributed by atoms with Crippen LogP contribution in [0.3, 0.4) is 0 Å². The number of benzene rings is 2. The molecule has 2 aromatic carbocycles. The number of ether oxygens (including phenoxy) is 2. The molecule has 0 bridgehead atoms. The largest absolute Gasteiger partial charge is 0.493 e. The van der Waals surface area contributed by atoms with E-state index >= 15 is 0 Å². The number of aromatic nitrogens is 3. The lowest BCUT2D eigenvalue weighted by molar-refractivity contribution is -0.115. The van der Waals surface area contributed by atoms with E-state index in [9.17, 15) is 13.6 Å². The highest BCUT2D eigenvalue weighted by atomic mass is 32.1. The smallest absolute Gasteiger partial charge is 0.229 e. The average Bonchev–Trinajstić information content (AvgIpc) is 3.50. The van der Waals surface area contributed by atoms with Crippen molar-refractivity contribution in [1.29, 1.82) is 0 Å². The summed E-state index contributed by atoms with van der Waals surface area (Å²) < 4.78 is 39.5. The molecular formula is C38H50F2N6O3S. The summed E-state index contributed by atoms with van der Waals surface area (Å²) in [6, 6.07) is 7.85. The van der Waals surface area contributed by atoms with E-state index in [1.165, 1.54) is 49.1 Å². The Bertz CT molecular complexity index is 1790. The van der Waals surface area contributed by atoms with Crippen molar-refractivity contribution in [2.75, 3.05) is 37.4 Å². The second-order valence-electron chi connectivity index (χ2n) is 15.3. The minimum Gasteiger partial charge on any atom is -0.493 e. The number of nitrogens with zero attached hydrogens (tertiary/aromatic N) is 4. The third kappa shape index (κ3) is 8.01. The number of hydrogen-bond donors (Lipinski definition) is 2. The average molecular weight is 709 g/mol. The van der Waals surface area contributed by atoms with Gasteiger partial charge in [0.1, 0.15) is 12.1 Å². The Morgan fingerprint density at radius 2 is 1.78 bits per heavy atom. The maximum atomic E-state index is 14.0. The number of nitrogens with one attached hydrogen (secondary N) is 2.